The fourth-order valence-corrected chi connectivity index (χ4v) is 2.48. The van der Waals surface area contributed by atoms with Crippen molar-refractivity contribution in [1.29, 1.82) is 0 Å². The van der Waals surface area contributed by atoms with Gasteiger partial charge in [-0.15, -0.1) is 11.8 Å². The molecule has 0 aromatic heterocycles. The first-order valence-electron chi connectivity index (χ1n) is 4.04. The van der Waals surface area contributed by atoms with E-state index in [0.717, 1.165) is 4.90 Å². The SMILES string of the molecule is CSc1ccc(S(=O)(=O)CC(=O)O)cc1. The van der Waals surface area contributed by atoms with Crippen LogP contribution in [-0.2, 0) is 14.6 Å². The number of hydrogen-bond acceptors (Lipinski definition) is 4. The summed E-state index contributed by atoms with van der Waals surface area (Å²) in [4.78, 5) is 11.3. The van der Waals surface area contributed by atoms with Crippen molar-refractivity contribution in [3.05, 3.63) is 24.3 Å². The smallest absolute Gasteiger partial charge is 0.319 e. The quantitative estimate of drug-likeness (QED) is 0.810. The highest BCUT2D eigenvalue weighted by Gasteiger charge is 2.18. The minimum Gasteiger partial charge on any atom is -0.480 e. The molecule has 0 unspecified atom stereocenters. The maximum absolute atomic E-state index is 11.5. The van der Waals surface area contributed by atoms with Crippen molar-refractivity contribution in [2.75, 3.05) is 12.0 Å². The van der Waals surface area contributed by atoms with Crippen LogP contribution in [0.5, 0.6) is 0 Å². The third kappa shape index (κ3) is 3.24. The molecule has 1 N–H and O–H groups in total. The van der Waals surface area contributed by atoms with Crippen LogP contribution in [0.15, 0.2) is 34.1 Å². The molecule has 0 saturated heterocycles. The van der Waals surface area contributed by atoms with Crippen LogP contribution in [-0.4, -0.2) is 31.5 Å². The van der Waals surface area contributed by atoms with Crippen molar-refractivity contribution >= 4 is 27.6 Å². The Labute approximate surface area is 92.2 Å². The Balaban J connectivity index is 3.01. The molecule has 1 aromatic carbocycles. The van der Waals surface area contributed by atoms with Crippen molar-refractivity contribution in [2.24, 2.45) is 0 Å². The lowest BCUT2D eigenvalue weighted by Gasteiger charge is -2.02. The molecule has 0 aliphatic rings. The fraction of sp³-hybridized carbons (Fsp3) is 0.222. The largest absolute Gasteiger partial charge is 0.480 e. The van der Waals surface area contributed by atoms with E-state index < -0.39 is 21.6 Å². The van der Waals surface area contributed by atoms with Crippen LogP contribution in [0.1, 0.15) is 0 Å². The number of carboxylic acids is 1. The van der Waals surface area contributed by atoms with E-state index in [0.29, 0.717) is 0 Å². The van der Waals surface area contributed by atoms with E-state index in [4.69, 9.17) is 5.11 Å². The van der Waals surface area contributed by atoms with Crippen LogP contribution in [0.3, 0.4) is 0 Å². The Morgan fingerprint density at radius 1 is 1.33 bits per heavy atom. The van der Waals surface area contributed by atoms with Gasteiger partial charge in [0.2, 0.25) is 0 Å². The van der Waals surface area contributed by atoms with Crippen molar-refractivity contribution in [3.63, 3.8) is 0 Å². The number of thioether (sulfide) groups is 1. The highest BCUT2D eigenvalue weighted by Crippen LogP contribution is 2.18. The molecule has 0 radical (unpaired) electrons. The summed E-state index contributed by atoms with van der Waals surface area (Å²) >= 11 is 1.49. The molecule has 6 heteroatoms. The molecule has 0 aliphatic heterocycles. The third-order valence-electron chi connectivity index (χ3n) is 1.73. The van der Waals surface area contributed by atoms with E-state index in [-0.39, 0.29) is 4.90 Å². The lowest BCUT2D eigenvalue weighted by Crippen LogP contribution is -2.15. The Hall–Kier alpha value is -1.01. The predicted molar refractivity (Wildman–Crippen MR) is 57.9 cm³/mol. The van der Waals surface area contributed by atoms with Gasteiger partial charge in [-0.2, -0.15) is 0 Å². The Morgan fingerprint density at radius 3 is 2.27 bits per heavy atom. The molecule has 0 aliphatic carbocycles. The summed E-state index contributed by atoms with van der Waals surface area (Å²) in [6.45, 7) is 0. The van der Waals surface area contributed by atoms with Gasteiger partial charge in [-0.1, -0.05) is 0 Å². The van der Waals surface area contributed by atoms with Crippen LogP contribution >= 0.6 is 11.8 Å². The van der Waals surface area contributed by atoms with Gasteiger partial charge in [0.15, 0.2) is 15.6 Å². The number of sulfone groups is 1. The van der Waals surface area contributed by atoms with Crippen molar-refractivity contribution in [2.45, 2.75) is 9.79 Å². The number of carbonyl (C=O) groups is 1. The second-order valence-corrected chi connectivity index (χ2v) is 5.70. The number of hydrogen-bond donors (Lipinski definition) is 1. The minimum atomic E-state index is -3.69. The van der Waals surface area contributed by atoms with Gasteiger partial charge in [0.1, 0.15) is 0 Å². The zero-order chi connectivity index (χ0) is 11.5. The van der Waals surface area contributed by atoms with Gasteiger partial charge in [-0.3, -0.25) is 4.79 Å². The van der Waals surface area contributed by atoms with Gasteiger partial charge >= 0.3 is 5.97 Å². The predicted octanol–water partition coefficient (Wildman–Crippen LogP) is 1.27. The van der Waals surface area contributed by atoms with Crippen LogP contribution in [0, 0.1) is 0 Å². The lowest BCUT2D eigenvalue weighted by molar-refractivity contribution is -0.134. The lowest BCUT2D eigenvalue weighted by atomic mass is 10.4. The first kappa shape index (κ1) is 12.1. The standard InChI is InChI=1S/C9H10O4S2/c1-14-7-2-4-8(5-3-7)15(12,13)6-9(10)11/h2-5H,6H2,1H3,(H,10,11). The molecule has 0 atom stereocenters. The number of aliphatic carboxylic acids is 1. The summed E-state index contributed by atoms with van der Waals surface area (Å²) in [5, 5.41) is 8.43. The molecular weight excluding hydrogens is 236 g/mol. The second kappa shape index (κ2) is 4.67. The summed E-state index contributed by atoms with van der Waals surface area (Å²) in [5.74, 6) is -2.21. The molecular formula is C9H10O4S2. The van der Waals surface area contributed by atoms with E-state index in [1.54, 1.807) is 12.1 Å². The first-order chi connectivity index (χ1) is 6.95. The van der Waals surface area contributed by atoms with E-state index in [2.05, 4.69) is 0 Å². The summed E-state index contributed by atoms with van der Waals surface area (Å²) in [6, 6.07) is 6.15. The Kier molecular flexibility index (Phi) is 3.76. The van der Waals surface area contributed by atoms with Crippen molar-refractivity contribution in [1.82, 2.24) is 0 Å². The van der Waals surface area contributed by atoms with E-state index in [1.165, 1.54) is 23.9 Å². The molecule has 0 spiro atoms. The van der Waals surface area contributed by atoms with Crippen LogP contribution in [0.4, 0.5) is 0 Å². The molecule has 4 nitrogen and oxygen atoms in total. The highest BCUT2D eigenvalue weighted by molar-refractivity contribution is 7.98. The molecule has 82 valence electrons. The van der Waals surface area contributed by atoms with Crippen molar-refractivity contribution < 1.29 is 18.3 Å². The number of carboxylic acid groups (broad SMARTS) is 1. The molecule has 0 heterocycles. The topological polar surface area (TPSA) is 71.4 Å². The summed E-state index contributed by atoms with van der Waals surface area (Å²) in [7, 11) is -3.69. The average Bonchev–Trinajstić information content (AvgIpc) is 2.16. The minimum absolute atomic E-state index is 0.0442. The molecule has 0 fully saturated rings. The van der Waals surface area contributed by atoms with Crippen LogP contribution < -0.4 is 0 Å². The molecule has 1 aromatic rings. The van der Waals surface area contributed by atoms with Crippen LogP contribution in [0.2, 0.25) is 0 Å². The van der Waals surface area contributed by atoms with E-state index in [1.807, 2.05) is 6.26 Å². The molecule has 0 saturated carbocycles. The van der Waals surface area contributed by atoms with Crippen molar-refractivity contribution in [3.8, 4) is 0 Å². The van der Waals surface area contributed by atoms with Gasteiger partial charge < -0.3 is 5.11 Å². The molecule has 1 rings (SSSR count). The third-order valence-corrected chi connectivity index (χ3v) is 4.09. The molecule has 0 amide bonds. The van der Waals surface area contributed by atoms with E-state index >= 15 is 0 Å². The zero-order valence-electron chi connectivity index (χ0n) is 8.00. The van der Waals surface area contributed by atoms with Gasteiger partial charge in [0.05, 0.1) is 4.90 Å². The summed E-state index contributed by atoms with van der Waals surface area (Å²) in [6.07, 6.45) is 1.88. The van der Waals surface area contributed by atoms with Crippen LogP contribution in [0.25, 0.3) is 0 Å². The Bertz CT molecular complexity index is 448. The molecule has 15 heavy (non-hydrogen) atoms. The Morgan fingerprint density at radius 2 is 1.87 bits per heavy atom. The summed E-state index contributed by atoms with van der Waals surface area (Å²) < 4.78 is 22.9. The monoisotopic (exact) mass is 246 g/mol. The number of benzene rings is 1. The molecule has 0 bridgehead atoms. The summed E-state index contributed by atoms with van der Waals surface area (Å²) in [5.41, 5.74) is 0. The highest BCUT2D eigenvalue weighted by atomic mass is 32.2. The van der Waals surface area contributed by atoms with E-state index in [9.17, 15) is 13.2 Å². The van der Waals surface area contributed by atoms with Gasteiger partial charge in [-0.05, 0) is 30.5 Å². The average molecular weight is 246 g/mol. The van der Waals surface area contributed by atoms with Gasteiger partial charge in [0.25, 0.3) is 0 Å². The fourth-order valence-electron chi connectivity index (χ4n) is 1.03. The maximum atomic E-state index is 11.5. The zero-order valence-corrected chi connectivity index (χ0v) is 9.64. The van der Waals surface area contributed by atoms with Gasteiger partial charge in [-0.25, -0.2) is 8.42 Å². The van der Waals surface area contributed by atoms with Gasteiger partial charge in [0, 0.05) is 4.90 Å². The first-order valence-corrected chi connectivity index (χ1v) is 6.92. The second-order valence-electron chi connectivity index (χ2n) is 2.83. The number of rotatable bonds is 4. The maximum Gasteiger partial charge on any atom is 0.319 e. The normalized spacial score (nSPS) is 11.3.